The number of ether oxygens (including phenoxy) is 2. The molecule has 5 rings (SSSR count). The number of phenolic OH excluding ortho intramolecular Hbond substituents is 1. The van der Waals surface area contributed by atoms with Crippen molar-refractivity contribution in [3.63, 3.8) is 0 Å². The zero-order valence-corrected chi connectivity index (χ0v) is 20.3. The maximum atomic E-state index is 13.8. The Labute approximate surface area is 203 Å². The molecule has 1 amide bonds. The minimum atomic E-state index is -0.638. The number of carbonyl (C=O) groups excluding carboxylic acids is 1. The molecule has 0 bridgehead atoms. The van der Waals surface area contributed by atoms with Gasteiger partial charge in [-0.1, -0.05) is 6.07 Å². The standard InChI is InChI=1S/C27H30N2O6/c1-4-34-22-15-18(5-6-20(22)30)24-23-25(31)19-13-16(2)17(3)14-21(19)35-26(23)27(32)29(24)8-7-28-9-11-33-12-10-28/h5-6,13-15,24,30H,4,7-12H2,1-3H3. The normalized spacial score (nSPS) is 18.3. The number of phenols is 1. The number of hydrogen-bond acceptors (Lipinski definition) is 7. The molecule has 1 saturated heterocycles. The average molecular weight is 479 g/mol. The van der Waals surface area contributed by atoms with Crippen molar-refractivity contribution in [1.29, 1.82) is 0 Å². The predicted octanol–water partition coefficient (Wildman–Crippen LogP) is 3.39. The van der Waals surface area contributed by atoms with E-state index < -0.39 is 6.04 Å². The fourth-order valence-corrected chi connectivity index (χ4v) is 4.90. The van der Waals surface area contributed by atoms with E-state index in [4.69, 9.17) is 13.9 Å². The quantitative estimate of drug-likeness (QED) is 0.581. The zero-order valence-electron chi connectivity index (χ0n) is 20.3. The topological polar surface area (TPSA) is 92.5 Å². The molecule has 8 heteroatoms. The van der Waals surface area contributed by atoms with Gasteiger partial charge in [0, 0.05) is 26.2 Å². The Hall–Kier alpha value is -3.36. The largest absolute Gasteiger partial charge is 0.504 e. The third-order valence-corrected chi connectivity index (χ3v) is 6.94. The second kappa shape index (κ2) is 9.36. The van der Waals surface area contributed by atoms with E-state index in [0.29, 0.717) is 60.8 Å². The van der Waals surface area contributed by atoms with Crippen LogP contribution in [0.1, 0.15) is 45.8 Å². The Bertz CT molecular complexity index is 1340. The molecule has 1 unspecified atom stereocenters. The molecule has 3 aromatic rings. The van der Waals surface area contributed by atoms with Crippen molar-refractivity contribution >= 4 is 16.9 Å². The average Bonchev–Trinajstić information content (AvgIpc) is 3.13. The molecule has 0 aliphatic carbocycles. The lowest BCUT2D eigenvalue weighted by Crippen LogP contribution is -2.42. The number of aromatic hydroxyl groups is 1. The molecule has 35 heavy (non-hydrogen) atoms. The van der Waals surface area contributed by atoms with E-state index in [-0.39, 0.29) is 22.8 Å². The lowest BCUT2D eigenvalue weighted by atomic mass is 9.97. The summed E-state index contributed by atoms with van der Waals surface area (Å²) in [5.74, 6) is 0.109. The van der Waals surface area contributed by atoms with Gasteiger partial charge in [0.15, 0.2) is 16.9 Å². The van der Waals surface area contributed by atoms with Crippen molar-refractivity contribution in [3.05, 3.63) is 68.6 Å². The molecular weight excluding hydrogens is 448 g/mol. The van der Waals surface area contributed by atoms with Crippen LogP contribution in [0, 0.1) is 13.8 Å². The lowest BCUT2D eigenvalue weighted by Gasteiger charge is -2.31. The number of benzene rings is 2. The first-order valence-electron chi connectivity index (χ1n) is 12.0. The van der Waals surface area contributed by atoms with Crippen LogP contribution in [0.15, 0.2) is 39.5 Å². The highest BCUT2D eigenvalue weighted by Gasteiger charge is 2.43. The number of aryl methyl sites for hydroxylation is 2. The van der Waals surface area contributed by atoms with Gasteiger partial charge in [-0.15, -0.1) is 0 Å². The Morgan fingerprint density at radius 2 is 1.80 bits per heavy atom. The molecule has 2 aliphatic rings. The zero-order chi connectivity index (χ0) is 24.7. The lowest BCUT2D eigenvalue weighted by molar-refractivity contribution is 0.0314. The van der Waals surface area contributed by atoms with Gasteiger partial charge in [-0.05, 0) is 61.7 Å². The molecule has 0 saturated carbocycles. The van der Waals surface area contributed by atoms with Crippen LogP contribution in [0.5, 0.6) is 11.5 Å². The highest BCUT2D eigenvalue weighted by Crippen LogP contribution is 2.40. The van der Waals surface area contributed by atoms with Gasteiger partial charge in [0.25, 0.3) is 5.91 Å². The molecule has 1 fully saturated rings. The fraction of sp³-hybridized carbons (Fsp3) is 0.407. The van der Waals surface area contributed by atoms with Crippen LogP contribution in [-0.2, 0) is 4.74 Å². The van der Waals surface area contributed by atoms with Gasteiger partial charge in [-0.3, -0.25) is 14.5 Å². The molecule has 1 atom stereocenters. The summed E-state index contributed by atoms with van der Waals surface area (Å²) in [6.45, 7) is 10.1. The van der Waals surface area contributed by atoms with Crippen molar-refractivity contribution in [2.24, 2.45) is 0 Å². The second-order valence-corrected chi connectivity index (χ2v) is 9.12. The van der Waals surface area contributed by atoms with Crippen LogP contribution in [0.3, 0.4) is 0 Å². The second-order valence-electron chi connectivity index (χ2n) is 9.12. The van der Waals surface area contributed by atoms with E-state index in [9.17, 15) is 14.7 Å². The summed E-state index contributed by atoms with van der Waals surface area (Å²) >= 11 is 0. The number of amides is 1. The van der Waals surface area contributed by atoms with Gasteiger partial charge in [0.05, 0.1) is 36.8 Å². The van der Waals surface area contributed by atoms with Crippen LogP contribution in [0.2, 0.25) is 0 Å². The Kier molecular flexibility index (Phi) is 6.25. The summed E-state index contributed by atoms with van der Waals surface area (Å²) in [4.78, 5) is 31.4. The van der Waals surface area contributed by atoms with E-state index in [1.807, 2.05) is 32.9 Å². The molecule has 2 aromatic carbocycles. The van der Waals surface area contributed by atoms with Crippen LogP contribution in [0.25, 0.3) is 11.0 Å². The summed E-state index contributed by atoms with van der Waals surface area (Å²) in [5.41, 5.74) is 3.21. The van der Waals surface area contributed by atoms with Crippen molar-refractivity contribution in [1.82, 2.24) is 9.80 Å². The third kappa shape index (κ3) is 4.17. The van der Waals surface area contributed by atoms with Crippen molar-refractivity contribution in [3.8, 4) is 11.5 Å². The van der Waals surface area contributed by atoms with Crippen LogP contribution < -0.4 is 10.2 Å². The van der Waals surface area contributed by atoms with Gasteiger partial charge in [0.1, 0.15) is 5.58 Å². The first-order valence-corrected chi connectivity index (χ1v) is 12.0. The molecule has 8 nitrogen and oxygen atoms in total. The molecule has 0 radical (unpaired) electrons. The minimum Gasteiger partial charge on any atom is -0.504 e. The molecule has 2 aliphatic heterocycles. The number of rotatable bonds is 6. The summed E-state index contributed by atoms with van der Waals surface area (Å²) in [7, 11) is 0. The Balaban J connectivity index is 1.64. The number of fused-ring (bicyclic) bond motifs is 2. The van der Waals surface area contributed by atoms with Gasteiger partial charge < -0.3 is 23.9 Å². The first-order chi connectivity index (χ1) is 16.9. The molecule has 1 N–H and O–H groups in total. The number of carbonyl (C=O) groups is 1. The summed E-state index contributed by atoms with van der Waals surface area (Å²) in [6.07, 6.45) is 0. The highest BCUT2D eigenvalue weighted by atomic mass is 16.5. The molecule has 1 aromatic heterocycles. The smallest absolute Gasteiger partial charge is 0.290 e. The number of morpholine rings is 1. The van der Waals surface area contributed by atoms with E-state index in [2.05, 4.69) is 4.90 Å². The first kappa shape index (κ1) is 23.4. The summed E-state index contributed by atoms with van der Waals surface area (Å²) in [6, 6.07) is 7.99. The van der Waals surface area contributed by atoms with Gasteiger partial charge in [0.2, 0.25) is 5.76 Å². The maximum absolute atomic E-state index is 13.8. The van der Waals surface area contributed by atoms with E-state index in [1.165, 1.54) is 0 Å². The monoisotopic (exact) mass is 478 g/mol. The highest BCUT2D eigenvalue weighted by molar-refractivity contribution is 5.99. The van der Waals surface area contributed by atoms with Gasteiger partial charge in [-0.25, -0.2) is 0 Å². The molecule has 3 heterocycles. The Morgan fingerprint density at radius 3 is 2.54 bits per heavy atom. The summed E-state index contributed by atoms with van der Waals surface area (Å²) in [5, 5.41) is 10.7. The van der Waals surface area contributed by atoms with Gasteiger partial charge >= 0.3 is 0 Å². The number of hydrogen-bond donors (Lipinski definition) is 1. The van der Waals surface area contributed by atoms with Gasteiger partial charge in [-0.2, -0.15) is 0 Å². The molecule has 184 valence electrons. The molecular formula is C27H30N2O6. The fourth-order valence-electron chi connectivity index (χ4n) is 4.90. The molecule has 0 spiro atoms. The van der Waals surface area contributed by atoms with E-state index >= 15 is 0 Å². The van der Waals surface area contributed by atoms with E-state index in [0.717, 1.165) is 24.2 Å². The maximum Gasteiger partial charge on any atom is 0.290 e. The van der Waals surface area contributed by atoms with Crippen LogP contribution in [0.4, 0.5) is 0 Å². The predicted molar refractivity (Wildman–Crippen MR) is 131 cm³/mol. The minimum absolute atomic E-state index is 0.0108. The van der Waals surface area contributed by atoms with Crippen molar-refractivity contribution in [2.45, 2.75) is 26.8 Å². The SMILES string of the molecule is CCOc1cc(C2c3c(oc4cc(C)c(C)cc4c3=O)C(=O)N2CCN2CCOCC2)ccc1O. The third-order valence-electron chi connectivity index (χ3n) is 6.94. The van der Waals surface area contributed by atoms with Crippen molar-refractivity contribution < 1.29 is 23.8 Å². The summed E-state index contributed by atoms with van der Waals surface area (Å²) < 4.78 is 17.1. The van der Waals surface area contributed by atoms with Crippen LogP contribution >= 0.6 is 0 Å². The van der Waals surface area contributed by atoms with E-state index in [1.54, 1.807) is 23.1 Å². The Morgan fingerprint density at radius 1 is 1.06 bits per heavy atom. The van der Waals surface area contributed by atoms with Crippen LogP contribution in [-0.4, -0.2) is 66.8 Å². The number of nitrogens with zero attached hydrogens (tertiary/aromatic N) is 2. The van der Waals surface area contributed by atoms with Crippen molar-refractivity contribution in [2.75, 3.05) is 46.0 Å².